The Bertz CT molecular complexity index is 1210. The third-order valence-corrected chi connectivity index (χ3v) is 5.15. The maximum atomic E-state index is 12.2. The van der Waals surface area contributed by atoms with Crippen molar-refractivity contribution in [3.63, 3.8) is 0 Å². The Morgan fingerprint density at radius 3 is 2.71 bits per heavy atom. The van der Waals surface area contributed by atoms with Crippen molar-refractivity contribution in [1.29, 1.82) is 0 Å². The third kappa shape index (κ3) is 4.51. The highest BCUT2D eigenvalue weighted by Gasteiger charge is 2.17. The molecule has 4 aromatic rings. The fourth-order valence-corrected chi connectivity index (χ4v) is 3.64. The van der Waals surface area contributed by atoms with Crippen molar-refractivity contribution in [2.24, 2.45) is 0 Å². The maximum Gasteiger partial charge on any atom is 0.374 e. The summed E-state index contributed by atoms with van der Waals surface area (Å²) in [6, 6.07) is 14.1. The second kappa shape index (κ2) is 8.88. The Morgan fingerprint density at radius 2 is 1.94 bits per heavy atom. The number of thiazole rings is 1. The van der Waals surface area contributed by atoms with Crippen molar-refractivity contribution in [3.05, 3.63) is 59.7 Å². The number of carbonyl (C=O) groups excluding carboxylic acids is 2. The molecule has 0 unspecified atom stereocenters. The minimum Gasteiger partial charge on any atom is -0.497 e. The van der Waals surface area contributed by atoms with Gasteiger partial charge < -0.3 is 18.6 Å². The number of ether oxygens (including phenoxy) is 3. The van der Waals surface area contributed by atoms with Crippen LogP contribution in [0.5, 0.6) is 11.5 Å². The van der Waals surface area contributed by atoms with Gasteiger partial charge in [-0.1, -0.05) is 18.2 Å². The van der Waals surface area contributed by atoms with E-state index in [1.807, 2.05) is 12.1 Å². The summed E-state index contributed by atoms with van der Waals surface area (Å²) >= 11 is 1.24. The molecule has 0 atom stereocenters. The van der Waals surface area contributed by atoms with Crippen LogP contribution in [0, 0.1) is 0 Å². The van der Waals surface area contributed by atoms with Gasteiger partial charge in [0.1, 0.15) is 17.1 Å². The number of nitrogens with zero attached hydrogens (tertiary/aromatic N) is 1. The lowest BCUT2D eigenvalue weighted by atomic mass is 10.1. The maximum absolute atomic E-state index is 12.2. The summed E-state index contributed by atoms with van der Waals surface area (Å²) in [4.78, 5) is 28.8. The van der Waals surface area contributed by atoms with Gasteiger partial charge in [0.2, 0.25) is 5.76 Å². The molecular weight excluding hydrogens is 420 g/mol. The van der Waals surface area contributed by atoms with Crippen LogP contribution >= 0.6 is 11.3 Å². The zero-order valence-corrected chi connectivity index (χ0v) is 17.5. The Labute approximate surface area is 181 Å². The quantitative estimate of drug-likeness (QED) is 0.428. The van der Waals surface area contributed by atoms with Crippen LogP contribution in [0.3, 0.4) is 0 Å². The fraction of sp³-hybridized carbons (Fsp3) is 0.136. The summed E-state index contributed by atoms with van der Waals surface area (Å²) in [7, 11) is 3.14. The Balaban J connectivity index is 1.38. The minimum absolute atomic E-state index is 0.0376. The van der Waals surface area contributed by atoms with Crippen molar-refractivity contribution < 1.29 is 28.2 Å². The second-order valence-corrected chi connectivity index (χ2v) is 7.24. The molecule has 0 aliphatic heterocycles. The Kier molecular flexibility index (Phi) is 5.85. The molecule has 2 aromatic heterocycles. The predicted molar refractivity (Wildman–Crippen MR) is 116 cm³/mol. The van der Waals surface area contributed by atoms with E-state index in [1.165, 1.54) is 11.3 Å². The van der Waals surface area contributed by atoms with Gasteiger partial charge >= 0.3 is 5.97 Å². The van der Waals surface area contributed by atoms with Crippen LogP contribution < -0.4 is 14.8 Å². The molecule has 158 valence electrons. The number of aromatic nitrogens is 1. The molecule has 8 nitrogen and oxygen atoms in total. The first-order valence-corrected chi connectivity index (χ1v) is 10.1. The van der Waals surface area contributed by atoms with Gasteiger partial charge in [0, 0.05) is 16.3 Å². The van der Waals surface area contributed by atoms with Crippen LogP contribution in [0.2, 0.25) is 0 Å². The number of amides is 1. The van der Waals surface area contributed by atoms with E-state index in [9.17, 15) is 9.59 Å². The lowest BCUT2D eigenvalue weighted by Gasteiger charge is -2.08. The number of esters is 1. The van der Waals surface area contributed by atoms with Gasteiger partial charge in [-0.05, 0) is 30.3 Å². The monoisotopic (exact) mass is 438 g/mol. The highest BCUT2D eigenvalue weighted by molar-refractivity contribution is 7.14. The zero-order chi connectivity index (χ0) is 21.8. The number of benzene rings is 2. The van der Waals surface area contributed by atoms with Gasteiger partial charge in [-0.3, -0.25) is 10.1 Å². The van der Waals surface area contributed by atoms with Gasteiger partial charge in [0.25, 0.3) is 5.91 Å². The van der Waals surface area contributed by atoms with E-state index in [4.69, 9.17) is 18.6 Å². The van der Waals surface area contributed by atoms with Crippen molar-refractivity contribution in [3.8, 4) is 22.8 Å². The molecule has 2 aromatic carbocycles. The smallest absolute Gasteiger partial charge is 0.374 e. The summed E-state index contributed by atoms with van der Waals surface area (Å²) in [5, 5.41) is 5.55. The number of carbonyl (C=O) groups is 2. The molecule has 1 N–H and O–H groups in total. The van der Waals surface area contributed by atoms with E-state index in [1.54, 1.807) is 56.0 Å². The van der Waals surface area contributed by atoms with Gasteiger partial charge in [-0.25, -0.2) is 9.78 Å². The molecule has 0 saturated carbocycles. The lowest BCUT2D eigenvalue weighted by molar-refractivity contribution is -0.119. The molecule has 1 amide bonds. The molecule has 0 fully saturated rings. The van der Waals surface area contributed by atoms with E-state index in [0.717, 1.165) is 10.9 Å². The van der Waals surface area contributed by atoms with Gasteiger partial charge in [0.05, 0.1) is 19.9 Å². The van der Waals surface area contributed by atoms with Crippen molar-refractivity contribution in [1.82, 2.24) is 4.98 Å². The van der Waals surface area contributed by atoms with Crippen LogP contribution in [0.15, 0.2) is 58.3 Å². The van der Waals surface area contributed by atoms with Crippen LogP contribution in [0.1, 0.15) is 10.6 Å². The first-order valence-electron chi connectivity index (χ1n) is 9.21. The number of nitrogens with one attached hydrogen (secondary N) is 1. The number of hydrogen-bond donors (Lipinski definition) is 1. The topological polar surface area (TPSA) is 99.9 Å². The number of furan rings is 1. The number of anilines is 1. The van der Waals surface area contributed by atoms with E-state index in [2.05, 4.69) is 10.3 Å². The fourth-order valence-electron chi connectivity index (χ4n) is 2.91. The largest absolute Gasteiger partial charge is 0.497 e. The highest BCUT2D eigenvalue weighted by atomic mass is 32.1. The van der Waals surface area contributed by atoms with Crippen LogP contribution in [-0.4, -0.2) is 37.7 Å². The average Bonchev–Trinajstić information content (AvgIpc) is 3.44. The molecule has 0 aliphatic rings. The van der Waals surface area contributed by atoms with Crippen molar-refractivity contribution >= 4 is 39.3 Å². The van der Waals surface area contributed by atoms with E-state index < -0.39 is 18.5 Å². The molecule has 4 rings (SSSR count). The predicted octanol–water partition coefficient (Wildman–Crippen LogP) is 4.37. The summed E-state index contributed by atoms with van der Waals surface area (Å²) in [6.45, 7) is -0.465. The summed E-state index contributed by atoms with van der Waals surface area (Å²) in [6.07, 6.45) is 0. The van der Waals surface area contributed by atoms with Crippen molar-refractivity contribution in [2.45, 2.75) is 0 Å². The van der Waals surface area contributed by atoms with E-state index in [0.29, 0.717) is 27.9 Å². The summed E-state index contributed by atoms with van der Waals surface area (Å²) in [5.41, 5.74) is 1.92. The first-order chi connectivity index (χ1) is 15.1. The number of methoxy groups -OCH3 is 2. The zero-order valence-electron chi connectivity index (χ0n) is 16.7. The van der Waals surface area contributed by atoms with Gasteiger partial charge in [-0.15, -0.1) is 11.3 Å². The van der Waals surface area contributed by atoms with E-state index >= 15 is 0 Å². The number of fused-ring (bicyclic) bond motifs is 1. The Hall–Kier alpha value is -3.85. The van der Waals surface area contributed by atoms with Crippen molar-refractivity contribution in [2.75, 3.05) is 26.1 Å². The molecule has 0 spiro atoms. The number of hydrogen-bond acceptors (Lipinski definition) is 8. The number of rotatable bonds is 7. The van der Waals surface area contributed by atoms with E-state index in [-0.39, 0.29) is 5.76 Å². The molecule has 9 heteroatoms. The molecule has 0 aliphatic carbocycles. The van der Waals surface area contributed by atoms with Crippen LogP contribution in [0.4, 0.5) is 5.13 Å². The van der Waals surface area contributed by atoms with Gasteiger partial charge in [-0.2, -0.15) is 0 Å². The third-order valence-electron chi connectivity index (χ3n) is 4.39. The molecule has 31 heavy (non-hydrogen) atoms. The average molecular weight is 438 g/mol. The lowest BCUT2D eigenvalue weighted by Crippen LogP contribution is -2.20. The molecule has 0 bridgehead atoms. The molecule has 0 radical (unpaired) electrons. The molecule has 0 saturated heterocycles. The standard InChI is InChI=1S/C22H18N2O6S/c1-27-14-7-8-18(28-2)15(10-14)16-12-31-22(23-16)24-20(25)11-29-21(26)19-9-13-5-3-4-6-17(13)30-19/h3-10,12H,11H2,1-2H3,(H,23,24,25). The SMILES string of the molecule is COc1ccc(OC)c(-c2csc(NC(=O)COC(=O)c3cc4ccccc4o3)n2)c1. The van der Waals surface area contributed by atoms with Crippen LogP contribution in [0.25, 0.3) is 22.2 Å². The Morgan fingerprint density at radius 1 is 1.10 bits per heavy atom. The molecular formula is C22H18N2O6S. The first kappa shape index (κ1) is 20.4. The highest BCUT2D eigenvalue weighted by Crippen LogP contribution is 2.35. The number of para-hydroxylation sites is 1. The molecule has 2 heterocycles. The summed E-state index contributed by atoms with van der Waals surface area (Å²) in [5.74, 6) is 0.0987. The van der Waals surface area contributed by atoms with Crippen LogP contribution in [-0.2, 0) is 9.53 Å². The minimum atomic E-state index is -0.715. The van der Waals surface area contributed by atoms with Gasteiger partial charge in [0.15, 0.2) is 11.7 Å². The second-order valence-electron chi connectivity index (χ2n) is 6.38. The normalized spacial score (nSPS) is 10.6. The summed E-state index contributed by atoms with van der Waals surface area (Å²) < 4.78 is 21.1.